The summed E-state index contributed by atoms with van der Waals surface area (Å²) in [5.74, 6) is -0.652. The summed E-state index contributed by atoms with van der Waals surface area (Å²) in [7, 11) is 0. The Bertz CT molecular complexity index is 500. The predicted octanol–water partition coefficient (Wildman–Crippen LogP) is 2.84. The van der Waals surface area contributed by atoms with Crippen molar-refractivity contribution in [3.8, 4) is 5.75 Å². The highest BCUT2D eigenvalue weighted by Gasteiger charge is 2.35. The third kappa shape index (κ3) is 4.74. The van der Waals surface area contributed by atoms with Crippen molar-refractivity contribution in [2.75, 3.05) is 13.2 Å². The van der Waals surface area contributed by atoms with Crippen molar-refractivity contribution >= 4 is 27.8 Å². The molecule has 0 spiro atoms. The summed E-state index contributed by atoms with van der Waals surface area (Å²) in [6, 6.07) is 7.22. The van der Waals surface area contributed by atoms with Gasteiger partial charge in [0.05, 0.1) is 9.89 Å². The molecule has 0 aliphatic heterocycles. The Morgan fingerprint density at radius 2 is 1.90 bits per heavy atom. The van der Waals surface area contributed by atoms with Crippen molar-refractivity contribution in [2.24, 2.45) is 5.41 Å². The lowest BCUT2D eigenvalue weighted by Gasteiger charge is -2.26. The molecule has 0 aliphatic carbocycles. The van der Waals surface area contributed by atoms with Gasteiger partial charge >= 0.3 is 5.97 Å². The van der Waals surface area contributed by atoms with E-state index >= 15 is 0 Å². The number of nitrogens with one attached hydrogen (secondary N) is 1. The number of carboxylic acids is 1. The maximum Gasteiger partial charge on any atom is 0.311 e. The SMILES string of the molecule is CCC(CC)(CNC(=O)COc1ccccc1Br)C(=O)O. The van der Waals surface area contributed by atoms with E-state index in [0.29, 0.717) is 18.6 Å². The highest BCUT2D eigenvalue weighted by Crippen LogP contribution is 2.26. The fourth-order valence-corrected chi connectivity index (χ4v) is 2.30. The summed E-state index contributed by atoms with van der Waals surface area (Å²) in [6.07, 6.45) is 0.925. The molecule has 0 saturated heterocycles. The molecule has 0 aromatic heterocycles. The molecule has 1 amide bonds. The number of rotatable bonds is 8. The van der Waals surface area contributed by atoms with E-state index in [0.717, 1.165) is 4.47 Å². The van der Waals surface area contributed by atoms with Crippen LogP contribution in [0.5, 0.6) is 5.75 Å². The maximum atomic E-state index is 11.8. The van der Waals surface area contributed by atoms with Gasteiger partial charge in [-0.15, -0.1) is 0 Å². The average Bonchev–Trinajstić information content (AvgIpc) is 2.47. The first-order valence-electron chi connectivity index (χ1n) is 6.82. The van der Waals surface area contributed by atoms with Crippen LogP contribution in [0.25, 0.3) is 0 Å². The van der Waals surface area contributed by atoms with Gasteiger partial charge in [-0.25, -0.2) is 0 Å². The Kier molecular flexibility index (Phi) is 6.68. The first kappa shape index (κ1) is 17.5. The number of para-hydroxylation sites is 1. The van der Waals surface area contributed by atoms with E-state index in [9.17, 15) is 14.7 Å². The van der Waals surface area contributed by atoms with E-state index in [1.165, 1.54) is 0 Å². The minimum atomic E-state index is -0.914. The van der Waals surface area contributed by atoms with Crippen molar-refractivity contribution in [3.05, 3.63) is 28.7 Å². The van der Waals surface area contributed by atoms with Crippen LogP contribution in [-0.2, 0) is 9.59 Å². The van der Waals surface area contributed by atoms with Gasteiger partial charge in [0.1, 0.15) is 5.75 Å². The van der Waals surface area contributed by atoms with Crippen LogP contribution in [0.15, 0.2) is 28.7 Å². The molecule has 21 heavy (non-hydrogen) atoms. The lowest BCUT2D eigenvalue weighted by Crippen LogP contribution is -2.43. The lowest BCUT2D eigenvalue weighted by molar-refractivity contribution is -0.149. The standard InChI is InChI=1S/C15H20BrNO4/c1-3-15(4-2,14(19)20)10-17-13(18)9-21-12-8-6-5-7-11(12)16/h5-8H,3-4,9-10H2,1-2H3,(H,17,18)(H,19,20). The number of carboxylic acid groups (broad SMARTS) is 1. The molecular formula is C15H20BrNO4. The summed E-state index contributed by atoms with van der Waals surface area (Å²) in [6.45, 7) is 3.57. The van der Waals surface area contributed by atoms with Gasteiger partial charge in [-0.2, -0.15) is 0 Å². The van der Waals surface area contributed by atoms with Crippen LogP contribution in [0.1, 0.15) is 26.7 Å². The normalized spacial score (nSPS) is 11.0. The predicted molar refractivity (Wildman–Crippen MR) is 83.3 cm³/mol. The van der Waals surface area contributed by atoms with Crippen molar-refractivity contribution < 1.29 is 19.4 Å². The third-order valence-corrected chi connectivity index (χ3v) is 4.28. The van der Waals surface area contributed by atoms with Crippen molar-refractivity contribution in [2.45, 2.75) is 26.7 Å². The van der Waals surface area contributed by atoms with E-state index in [-0.39, 0.29) is 19.1 Å². The molecule has 2 N–H and O–H groups in total. The first-order valence-corrected chi connectivity index (χ1v) is 7.62. The zero-order valence-electron chi connectivity index (χ0n) is 12.2. The number of ether oxygens (including phenoxy) is 1. The van der Waals surface area contributed by atoms with Gasteiger partial charge in [-0.05, 0) is 40.9 Å². The molecule has 0 fully saturated rings. The van der Waals surface area contributed by atoms with Crippen LogP contribution >= 0.6 is 15.9 Å². The summed E-state index contributed by atoms with van der Waals surface area (Å²) >= 11 is 3.32. The first-order chi connectivity index (χ1) is 9.95. The Hall–Kier alpha value is -1.56. The highest BCUT2D eigenvalue weighted by molar-refractivity contribution is 9.10. The molecule has 6 heteroatoms. The van der Waals surface area contributed by atoms with Gasteiger partial charge in [-0.3, -0.25) is 9.59 Å². The number of halogens is 1. The molecule has 0 atom stereocenters. The van der Waals surface area contributed by atoms with Crippen LogP contribution in [0.2, 0.25) is 0 Å². The van der Waals surface area contributed by atoms with E-state index in [1.807, 2.05) is 18.2 Å². The van der Waals surface area contributed by atoms with Crippen LogP contribution in [0.4, 0.5) is 0 Å². The smallest absolute Gasteiger partial charge is 0.311 e. The number of hydrogen-bond donors (Lipinski definition) is 2. The van der Waals surface area contributed by atoms with Crippen molar-refractivity contribution in [3.63, 3.8) is 0 Å². The second-order valence-electron chi connectivity index (χ2n) is 4.79. The second-order valence-corrected chi connectivity index (χ2v) is 5.64. The summed E-state index contributed by atoms with van der Waals surface area (Å²) in [5, 5.41) is 11.9. The number of benzene rings is 1. The molecule has 5 nitrogen and oxygen atoms in total. The van der Waals surface area contributed by atoms with Gasteiger partial charge in [0.25, 0.3) is 5.91 Å². The van der Waals surface area contributed by atoms with Crippen molar-refractivity contribution in [1.29, 1.82) is 0 Å². The Balaban J connectivity index is 2.51. The van der Waals surface area contributed by atoms with Crippen LogP contribution < -0.4 is 10.1 Å². The second kappa shape index (κ2) is 8.02. The molecule has 0 unspecified atom stereocenters. The Morgan fingerprint density at radius 1 is 1.29 bits per heavy atom. The summed E-state index contributed by atoms with van der Waals surface area (Å²) in [4.78, 5) is 23.1. The number of amides is 1. The monoisotopic (exact) mass is 357 g/mol. The third-order valence-electron chi connectivity index (χ3n) is 3.63. The molecule has 0 bridgehead atoms. The van der Waals surface area contributed by atoms with Gasteiger partial charge in [0.2, 0.25) is 0 Å². The zero-order chi connectivity index (χ0) is 15.9. The Morgan fingerprint density at radius 3 is 2.43 bits per heavy atom. The number of carbonyl (C=O) groups is 2. The van der Waals surface area contributed by atoms with Gasteiger partial charge < -0.3 is 15.2 Å². The molecular weight excluding hydrogens is 338 g/mol. The van der Waals surface area contributed by atoms with Gasteiger partial charge in [-0.1, -0.05) is 26.0 Å². The van der Waals surface area contributed by atoms with Crippen molar-refractivity contribution in [1.82, 2.24) is 5.32 Å². The maximum absolute atomic E-state index is 11.8. The van der Waals surface area contributed by atoms with Crippen LogP contribution in [0, 0.1) is 5.41 Å². The Labute approximate surface area is 132 Å². The molecule has 0 radical (unpaired) electrons. The minimum absolute atomic E-state index is 0.105. The molecule has 1 aromatic carbocycles. The highest BCUT2D eigenvalue weighted by atomic mass is 79.9. The summed E-state index contributed by atoms with van der Waals surface area (Å²) < 4.78 is 6.15. The van der Waals surface area contributed by atoms with Gasteiger partial charge in [0, 0.05) is 6.54 Å². The minimum Gasteiger partial charge on any atom is -0.483 e. The van der Waals surface area contributed by atoms with Crippen LogP contribution in [-0.4, -0.2) is 30.1 Å². The fraction of sp³-hybridized carbons (Fsp3) is 0.467. The zero-order valence-corrected chi connectivity index (χ0v) is 13.8. The number of aliphatic carboxylic acids is 1. The quantitative estimate of drug-likeness (QED) is 0.749. The van der Waals surface area contributed by atoms with E-state index in [1.54, 1.807) is 19.9 Å². The molecule has 0 saturated carbocycles. The average molecular weight is 358 g/mol. The summed E-state index contributed by atoms with van der Waals surface area (Å²) in [5.41, 5.74) is -0.914. The number of hydrogen-bond acceptors (Lipinski definition) is 3. The van der Waals surface area contributed by atoms with Gasteiger partial charge in [0.15, 0.2) is 6.61 Å². The molecule has 1 rings (SSSR count). The lowest BCUT2D eigenvalue weighted by atomic mass is 9.82. The topological polar surface area (TPSA) is 75.6 Å². The van der Waals surface area contributed by atoms with Crippen LogP contribution in [0.3, 0.4) is 0 Å². The fourth-order valence-electron chi connectivity index (χ4n) is 1.90. The van der Waals surface area contributed by atoms with E-state index in [4.69, 9.17) is 4.74 Å². The van der Waals surface area contributed by atoms with E-state index in [2.05, 4.69) is 21.2 Å². The molecule has 1 aromatic rings. The van der Waals surface area contributed by atoms with E-state index < -0.39 is 11.4 Å². The number of carbonyl (C=O) groups excluding carboxylic acids is 1. The molecule has 0 aliphatic rings. The molecule has 0 heterocycles. The largest absolute Gasteiger partial charge is 0.483 e. The molecule has 116 valence electrons.